The molecule has 0 bridgehead atoms. The van der Waals surface area contributed by atoms with Crippen molar-refractivity contribution in [3.63, 3.8) is 0 Å². The Morgan fingerprint density at radius 3 is 2.87 bits per heavy atom. The number of ether oxygens (including phenoxy) is 1. The van der Waals surface area contributed by atoms with Crippen molar-refractivity contribution in [1.29, 1.82) is 5.41 Å². The lowest BCUT2D eigenvalue weighted by molar-refractivity contribution is 0.118. The van der Waals surface area contributed by atoms with Gasteiger partial charge in [-0.1, -0.05) is 43.1 Å². The van der Waals surface area contributed by atoms with Gasteiger partial charge in [0, 0.05) is 12.1 Å². The van der Waals surface area contributed by atoms with Crippen molar-refractivity contribution in [3.05, 3.63) is 42.3 Å². The number of nitrogens with zero attached hydrogens (tertiary/aromatic N) is 3. The molecule has 2 heterocycles. The maximum atomic E-state index is 10.3. The molecule has 2 atom stereocenters. The van der Waals surface area contributed by atoms with Crippen molar-refractivity contribution in [2.45, 2.75) is 44.8 Å². The maximum Gasteiger partial charge on any atom is 0.252 e. The molecule has 0 unspecified atom stereocenters. The Hall–Kier alpha value is -3.13. The smallest absolute Gasteiger partial charge is 0.252 e. The molecule has 4 rings (SSSR count). The van der Waals surface area contributed by atoms with Gasteiger partial charge in [-0.25, -0.2) is 0 Å². The van der Waals surface area contributed by atoms with Crippen LogP contribution >= 0.6 is 0 Å². The molecule has 0 aliphatic carbocycles. The van der Waals surface area contributed by atoms with Gasteiger partial charge in [0.2, 0.25) is 5.82 Å². The minimum atomic E-state index is -0.699. The second kappa shape index (κ2) is 8.71. The van der Waals surface area contributed by atoms with Crippen LogP contribution < -0.4 is 10.5 Å². The van der Waals surface area contributed by atoms with Crippen molar-refractivity contribution in [3.8, 4) is 17.1 Å². The van der Waals surface area contributed by atoms with Crippen LogP contribution in [0.5, 0.6) is 5.75 Å². The van der Waals surface area contributed by atoms with E-state index < -0.39 is 12.1 Å². The minimum absolute atomic E-state index is 0.116. The summed E-state index contributed by atoms with van der Waals surface area (Å²) in [6, 6.07) is 11.4. The lowest BCUT2D eigenvalue weighted by Crippen LogP contribution is -2.37. The molecule has 0 amide bonds. The van der Waals surface area contributed by atoms with Gasteiger partial charge in [-0.2, -0.15) is 4.98 Å². The maximum absolute atomic E-state index is 10.3. The van der Waals surface area contributed by atoms with E-state index in [4.69, 9.17) is 20.4 Å². The van der Waals surface area contributed by atoms with Crippen LogP contribution in [0.3, 0.4) is 0 Å². The first kappa shape index (κ1) is 20.2. The van der Waals surface area contributed by atoms with Crippen molar-refractivity contribution < 1.29 is 14.4 Å². The zero-order valence-electron chi connectivity index (χ0n) is 17.0. The van der Waals surface area contributed by atoms with E-state index in [-0.39, 0.29) is 11.9 Å². The molecule has 2 aromatic carbocycles. The van der Waals surface area contributed by atoms with E-state index in [1.807, 2.05) is 36.4 Å². The highest BCUT2D eigenvalue weighted by molar-refractivity contribution is 5.87. The molecule has 1 aliphatic heterocycles. The largest absolute Gasteiger partial charge is 0.494 e. The quantitative estimate of drug-likeness (QED) is 0.310. The monoisotopic (exact) mass is 409 g/mol. The number of guanidine groups is 1. The van der Waals surface area contributed by atoms with Gasteiger partial charge in [0.05, 0.1) is 12.7 Å². The van der Waals surface area contributed by atoms with Crippen molar-refractivity contribution >= 4 is 16.7 Å². The second-order valence-electron chi connectivity index (χ2n) is 7.62. The van der Waals surface area contributed by atoms with Gasteiger partial charge in [0.15, 0.2) is 5.96 Å². The minimum Gasteiger partial charge on any atom is -0.494 e. The third-order valence-corrected chi connectivity index (χ3v) is 5.46. The highest BCUT2D eigenvalue weighted by Gasteiger charge is 2.39. The highest BCUT2D eigenvalue weighted by atomic mass is 16.5. The van der Waals surface area contributed by atoms with Crippen LogP contribution in [0, 0.1) is 5.41 Å². The SMILES string of the molecule is CCCCCOc1ccc2cc(-c3noc([C@@H]4[C@@H](O)CCN4C(=N)N)n3)ccc2c1. The number of aliphatic hydroxyl groups is 1. The number of nitrogens with one attached hydrogen (secondary N) is 1. The normalized spacial score (nSPS) is 18.8. The molecule has 3 aromatic rings. The lowest BCUT2D eigenvalue weighted by Gasteiger charge is -2.22. The third-order valence-electron chi connectivity index (χ3n) is 5.46. The molecular weight excluding hydrogens is 382 g/mol. The van der Waals surface area contributed by atoms with E-state index in [0.717, 1.165) is 35.1 Å². The van der Waals surface area contributed by atoms with Crippen LogP contribution in [0.2, 0.25) is 0 Å². The van der Waals surface area contributed by atoms with Crippen molar-refractivity contribution in [2.75, 3.05) is 13.2 Å². The number of rotatable bonds is 7. The van der Waals surface area contributed by atoms with Crippen molar-refractivity contribution in [1.82, 2.24) is 15.0 Å². The molecule has 0 radical (unpaired) electrons. The Balaban J connectivity index is 1.53. The number of hydrogen-bond donors (Lipinski definition) is 3. The van der Waals surface area contributed by atoms with Gasteiger partial charge >= 0.3 is 0 Å². The standard InChI is InChI=1S/C22H27N5O3/c1-2-3-4-11-29-17-8-7-14-12-16(6-5-15(14)13-17)20-25-21(30-26-20)19-18(28)9-10-27(19)22(23)24/h5-8,12-13,18-19,28H,2-4,9-11H2,1H3,(H3,23,24)/t18-,19-/m0/s1. The number of aliphatic hydroxyl groups excluding tert-OH is 1. The first-order chi connectivity index (χ1) is 14.6. The molecule has 1 fully saturated rings. The topological polar surface area (TPSA) is 121 Å². The zero-order valence-corrected chi connectivity index (χ0v) is 17.0. The fraction of sp³-hybridized carbons (Fsp3) is 0.409. The zero-order chi connectivity index (χ0) is 21.1. The molecule has 158 valence electrons. The highest BCUT2D eigenvalue weighted by Crippen LogP contribution is 2.32. The van der Waals surface area contributed by atoms with E-state index in [0.29, 0.717) is 18.8 Å². The molecule has 1 aliphatic rings. The van der Waals surface area contributed by atoms with Crippen LogP contribution in [0.1, 0.15) is 44.5 Å². The molecule has 1 saturated heterocycles. The predicted octanol–water partition coefficient (Wildman–Crippen LogP) is 3.46. The summed E-state index contributed by atoms with van der Waals surface area (Å²) in [5, 5.41) is 24.2. The molecule has 1 aromatic heterocycles. The van der Waals surface area contributed by atoms with Gasteiger partial charge in [-0.15, -0.1) is 0 Å². The summed E-state index contributed by atoms with van der Waals surface area (Å²) in [7, 11) is 0. The van der Waals surface area contributed by atoms with Gasteiger partial charge < -0.3 is 25.0 Å². The first-order valence-electron chi connectivity index (χ1n) is 10.4. The first-order valence-corrected chi connectivity index (χ1v) is 10.4. The summed E-state index contributed by atoms with van der Waals surface area (Å²) in [5.74, 6) is 1.46. The number of fused-ring (bicyclic) bond motifs is 1. The van der Waals surface area contributed by atoms with E-state index in [1.165, 1.54) is 12.8 Å². The summed E-state index contributed by atoms with van der Waals surface area (Å²) < 4.78 is 11.2. The lowest BCUT2D eigenvalue weighted by atomic mass is 10.1. The van der Waals surface area contributed by atoms with E-state index in [9.17, 15) is 5.11 Å². The molecule has 0 spiro atoms. The average Bonchev–Trinajstić information content (AvgIpc) is 3.37. The Labute approximate surface area is 175 Å². The Morgan fingerprint density at radius 2 is 2.07 bits per heavy atom. The second-order valence-corrected chi connectivity index (χ2v) is 7.62. The number of hydrogen-bond acceptors (Lipinski definition) is 6. The summed E-state index contributed by atoms with van der Waals surface area (Å²) in [4.78, 5) is 6.05. The van der Waals surface area contributed by atoms with Gasteiger partial charge in [0.1, 0.15) is 11.8 Å². The number of benzene rings is 2. The van der Waals surface area contributed by atoms with Crippen molar-refractivity contribution in [2.24, 2.45) is 5.73 Å². The number of aromatic nitrogens is 2. The van der Waals surface area contributed by atoms with Gasteiger partial charge in [-0.05, 0) is 41.8 Å². The van der Waals surface area contributed by atoms with Crippen LogP contribution in [0.25, 0.3) is 22.2 Å². The van der Waals surface area contributed by atoms with E-state index in [2.05, 4.69) is 17.1 Å². The van der Waals surface area contributed by atoms with Crippen LogP contribution in [-0.2, 0) is 0 Å². The summed E-state index contributed by atoms with van der Waals surface area (Å²) in [6.45, 7) is 3.39. The van der Waals surface area contributed by atoms with Crippen LogP contribution in [-0.4, -0.2) is 45.4 Å². The Morgan fingerprint density at radius 1 is 1.27 bits per heavy atom. The number of unbranched alkanes of at least 4 members (excludes halogenated alkanes) is 2. The Kier molecular flexibility index (Phi) is 5.85. The van der Waals surface area contributed by atoms with Gasteiger partial charge in [0.25, 0.3) is 5.89 Å². The van der Waals surface area contributed by atoms with Crippen LogP contribution in [0.15, 0.2) is 40.9 Å². The molecule has 8 nitrogen and oxygen atoms in total. The van der Waals surface area contributed by atoms with Gasteiger partial charge in [-0.3, -0.25) is 5.41 Å². The summed E-state index contributed by atoms with van der Waals surface area (Å²) >= 11 is 0. The molecule has 0 saturated carbocycles. The van der Waals surface area contributed by atoms with E-state index in [1.54, 1.807) is 4.90 Å². The van der Waals surface area contributed by atoms with E-state index >= 15 is 0 Å². The number of nitrogens with two attached hydrogens (primary N) is 1. The molecule has 30 heavy (non-hydrogen) atoms. The summed E-state index contributed by atoms with van der Waals surface area (Å²) in [6.07, 6.45) is 3.21. The number of likely N-dealkylation sites (tertiary alicyclic amines) is 1. The van der Waals surface area contributed by atoms with Crippen LogP contribution in [0.4, 0.5) is 0 Å². The molecule has 4 N–H and O–H groups in total. The molecule has 8 heteroatoms. The third kappa shape index (κ3) is 4.09. The summed E-state index contributed by atoms with van der Waals surface area (Å²) in [5.41, 5.74) is 6.44. The average molecular weight is 409 g/mol. The molecular formula is C22H27N5O3. The Bertz CT molecular complexity index is 1030. The predicted molar refractivity (Wildman–Crippen MR) is 114 cm³/mol. The fourth-order valence-corrected chi connectivity index (χ4v) is 3.81. The fourth-order valence-electron chi connectivity index (χ4n) is 3.81.